The number of anilines is 1. The second-order valence-corrected chi connectivity index (χ2v) is 16.6. The molecular formula is C43H61N9O12. The van der Waals surface area contributed by atoms with Crippen LogP contribution < -0.4 is 37.2 Å². The van der Waals surface area contributed by atoms with Crippen molar-refractivity contribution in [3.8, 4) is 6.07 Å². The molecule has 0 spiro atoms. The number of benzene rings is 1. The number of piperidine rings is 1. The van der Waals surface area contributed by atoms with Gasteiger partial charge in [-0.15, -0.1) is 0 Å². The zero-order valence-corrected chi connectivity index (χ0v) is 37.0. The lowest BCUT2D eigenvalue weighted by Crippen LogP contribution is -2.58. The van der Waals surface area contributed by atoms with Gasteiger partial charge in [-0.2, -0.15) is 5.26 Å². The van der Waals surface area contributed by atoms with Gasteiger partial charge in [-0.1, -0.05) is 33.8 Å². The number of nitrogens with one attached hydrogen (secondary N) is 7. The number of carbonyl (C=O) groups excluding carboxylic acids is 9. The van der Waals surface area contributed by atoms with Crippen LogP contribution in [0.4, 0.5) is 5.69 Å². The molecular weight excluding hydrogens is 835 g/mol. The third-order valence-corrected chi connectivity index (χ3v) is 10.8. The first kappa shape index (κ1) is 50.7. The van der Waals surface area contributed by atoms with Crippen LogP contribution in [0.5, 0.6) is 0 Å². The number of carbonyl (C=O) groups is 9. The summed E-state index contributed by atoms with van der Waals surface area (Å²) in [7, 11) is 0. The molecule has 1 aromatic rings. The fourth-order valence-corrected chi connectivity index (χ4v) is 7.35. The molecule has 6 atom stereocenters. The smallest absolute Gasteiger partial charge is 0.264 e. The predicted octanol–water partition coefficient (Wildman–Crippen LogP) is -0.349. The number of hydrogen-bond acceptors (Lipinski definition) is 14. The van der Waals surface area contributed by atoms with Gasteiger partial charge in [-0.25, -0.2) is 0 Å². The Labute approximate surface area is 372 Å². The lowest BCUT2D eigenvalue weighted by Gasteiger charge is -2.27. The minimum Gasteiger partial charge on any atom is -0.382 e. The van der Waals surface area contributed by atoms with Crippen LogP contribution in [0.3, 0.4) is 0 Å². The Balaban J connectivity index is 1.08. The molecule has 0 aromatic heterocycles. The lowest BCUT2D eigenvalue weighted by atomic mass is 9.97. The number of ether oxygens (including phenoxy) is 3. The molecule has 0 aliphatic carbocycles. The normalized spacial score (nSPS) is 19.0. The van der Waals surface area contributed by atoms with E-state index in [4.69, 9.17) is 14.2 Å². The van der Waals surface area contributed by atoms with Crippen molar-refractivity contribution >= 4 is 58.9 Å². The molecule has 1 aromatic carbocycles. The number of imide groups is 2. The van der Waals surface area contributed by atoms with Gasteiger partial charge in [0.1, 0.15) is 30.2 Å². The third kappa shape index (κ3) is 14.5. The Morgan fingerprint density at radius 2 is 1.50 bits per heavy atom. The predicted molar refractivity (Wildman–Crippen MR) is 228 cm³/mol. The Kier molecular flexibility index (Phi) is 19.6. The molecule has 0 bridgehead atoms. The van der Waals surface area contributed by atoms with Gasteiger partial charge in [0.05, 0.1) is 56.8 Å². The van der Waals surface area contributed by atoms with Crippen molar-refractivity contribution in [1.29, 1.82) is 5.26 Å². The highest BCUT2D eigenvalue weighted by atomic mass is 16.5. The van der Waals surface area contributed by atoms with Gasteiger partial charge in [0.2, 0.25) is 41.4 Å². The zero-order valence-electron chi connectivity index (χ0n) is 37.0. The molecule has 9 amide bonds. The molecule has 64 heavy (non-hydrogen) atoms. The number of amides is 9. The fourth-order valence-electron chi connectivity index (χ4n) is 7.35. The van der Waals surface area contributed by atoms with E-state index in [9.17, 15) is 48.4 Å². The van der Waals surface area contributed by atoms with Gasteiger partial charge in [0, 0.05) is 37.5 Å². The van der Waals surface area contributed by atoms with Crippen LogP contribution in [0.15, 0.2) is 18.2 Å². The maximum Gasteiger partial charge on any atom is 0.264 e. The van der Waals surface area contributed by atoms with E-state index >= 15 is 0 Å². The molecule has 1 unspecified atom stereocenters. The van der Waals surface area contributed by atoms with E-state index < -0.39 is 77.5 Å². The largest absolute Gasteiger partial charge is 0.382 e. The maximum atomic E-state index is 13.4. The summed E-state index contributed by atoms with van der Waals surface area (Å²) >= 11 is 0. The van der Waals surface area contributed by atoms with Crippen LogP contribution >= 0.6 is 0 Å². The van der Waals surface area contributed by atoms with Crippen LogP contribution in [0.2, 0.25) is 0 Å². The average molecular weight is 896 g/mol. The number of fused-ring (bicyclic) bond motifs is 1. The van der Waals surface area contributed by atoms with Crippen LogP contribution in [0, 0.1) is 29.1 Å². The summed E-state index contributed by atoms with van der Waals surface area (Å²) in [5, 5.41) is 28.3. The van der Waals surface area contributed by atoms with E-state index in [1.54, 1.807) is 26.0 Å². The highest BCUT2D eigenvalue weighted by Gasteiger charge is 2.45. The van der Waals surface area contributed by atoms with E-state index in [2.05, 4.69) is 37.2 Å². The Morgan fingerprint density at radius 1 is 0.812 bits per heavy atom. The van der Waals surface area contributed by atoms with Gasteiger partial charge in [0.15, 0.2) is 0 Å². The second kappa shape index (κ2) is 24.8. The van der Waals surface area contributed by atoms with E-state index in [0.29, 0.717) is 25.2 Å². The lowest BCUT2D eigenvalue weighted by molar-refractivity contribution is -0.136. The minimum atomic E-state index is -1.05. The molecule has 3 aliphatic rings. The van der Waals surface area contributed by atoms with Gasteiger partial charge in [-0.05, 0) is 56.6 Å². The molecule has 2 fully saturated rings. The van der Waals surface area contributed by atoms with Crippen molar-refractivity contribution in [3.63, 3.8) is 0 Å². The van der Waals surface area contributed by atoms with Crippen LogP contribution in [0.25, 0.3) is 0 Å². The van der Waals surface area contributed by atoms with Crippen molar-refractivity contribution in [2.45, 2.75) is 103 Å². The molecule has 4 rings (SSSR count). The molecule has 3 aliphatic heterocycles. The first-order valence-electron chi connectivity index (χ1n) is 21.7. The maximum absolute atomic E-state index is 13.4. The molecule has 21 heteroatoms. The Morgan fingerprint density at radius 3 is 2.12 bits per heavy atom. The average Bonchev–Trinajstić information content (AvgIpc) is 3.76. The van der Waals surface area contributed by atoms with Gasteiger partial charge in [0.25, 0.3) is 11.8 Å². The number of nitriles is 1. The van der Waals surface area contributed by atoms with Crippen molar-refractivity contribution in [2.75, 3.05) is 58.0 Å². The molecule has 3 heterocycles. The fraction of sp³-hybridized carbons (Fsp3) is 0.628. The number of hydrogen-bond donors (Lipinski definition) is 7. The monoisotopic (exact) mass is 895 g/mol. The third-order valence-electron chi connectivity index (χ3n) is 10.8. The van der Waals surface area contributed by atoms with E-state index in [1.807, 2.05) is 19.9 Å². The van der Waals surface area contributed by atoms with Gasteiger partial charge in [-0.3, -0.25) is 53.4 Å². The zero-order chi connectivity index (χ0) is 46.9. The van der Waals surface area contributed by atoms with Crippen molar-refractivity contribution in [3.05, 3.63) is 29.3 Å². The van der Waals surface area contributed by atoms with Crippen LogP contribution in [0.1, 0.15) is 93.9 Å². The highest BCUT2D eigenvalue weighted by molar-refractivity contribution is 6.25. The summed E-state index contributed by atoms with van der Waals surface area (Å²) in [6.45, 7) is 10.8. The molecule has 21 nitrogen and oxygen atoms in total. The molecule has 0 radical (unpaired) electrons. The molecule has 7 N–H and O–H groups in total. The number of rotatable bonds is 26. The van der Waals surface area contributed by atoms with Crippen LogP contribution in [-0.4, -0.2) is 141 Å². The summed E-state index contributed by atoms with van der Waals surface area (Å²) in [5.74, 6) is -5.48. The summed E-state index contributed by atoms with van der Waals surface area (Å²) in [6, 6.07) is 1.82. The summed E-state index contributed by atoms with van der Waals surface area (Å²) < 4.78 is 16.6. The molecule has 2 saturated heterocycles. The van der Waals surface area contributed by atoms with Gasteiger partial charge < -0.3 is 46.1 Å². The SMILES string of the molecule is CC(C)C[C@H](NC(=O)[C@@H](NC(=O)[C@H](C)NC(=O)CCOCCOCCOCCNc1cccc2c1C(=O)N(C1CCC(=O)NC1=O)C2=O)C(C)C)C(=O)N[C@H](C#N)C[C@@H]1CCNC1=O. The number of nitrogens with zero attached hydrogens (tertiary/aromatic N) is 2. The standard InChI is InChI=1S/C43H61N9O12/c1-24(2)21-31(39(57)48-28(23-44)22-27-11-13-46-38(27)56)49-41(59)36(25(3)4)51-37(55)26(5)47-34(54)12-15-62-17-19-64-20-18-63-16-14-45-30-8-6-7-29-35(30)43(61)52(42(29)60)32-9-10-33(53)50-40(32)58/h6-8,24-28,31-32,36,45H,9-22H2,1-5H3,(H,46,56)(H,47,54)(H,48,57)(H,49,59)(H,51,55)(H,50,53,58)/t26-,27-,28-,31-,32?,36-/m0/s1. The van der Waals surface area contributed by atoms with Gasteiger partial charge >= 0.3 is 0 Å². The van der Waals surface area contributed by atoms with Crippen molar-refractivity contribution in [2.24, 2.45) is 17.8 Å². The highest BCUT2D eigenvalue weighted by Crippen LogP contribution is 2.32. The Bertz CT molecular complexity index is 1940. The second-order valence-electron chi connectivity index (χ2n) is 16.6. The van der Waals surface area contributed by atoms with E-state index in [-0.39, 0.29) is 107 Å². The first-order chi connectivity index (χ1) is 30.5. The van der Waals surface area contributed by atoms with E-state index in [1.165, 1.54) is 13.0 Å². The van der Waals surface area contributed by atoms with E-state index in [0.717, 1.165) is 4.90 Å². The molecule has 350 valence electrons. The minimum absolute atomic E-state index is 0.00314. The van der Waals surface area contributed by atoms with Crippen LogP contribution in [-0.2, 0) is 47.8 Å². The Hall–Kier alpha value is -5.98. The topological polar surface area (TPSA) is 293 Å². The summed E-state index contributed by atoms with van der Waals surface area (Å²) in [4.78, 5) is 115. The summed E-state index contributed by atoms with van der Waals surface area (Å²) in [6.07, 6.45) is 1.04. The summed E-state index contributed by atoms with van der Waals surface area (Å²) in [5.41, 5.74) is 0.756. The van der Waals surface area contributed by atoms with Crippen molar-refractivity contribution in [1.82, 2.24) is 36.8 Å². The molecule has 0 saturated carbocycles. The quantitative estimate of drug-likeness (QED) is 0.0463. The van der Waals surface area contributed by atoms with Crippen molar-refractivity contribution < 1.29 is 57.4 Å². The first-order valence-corrected chi connectivity index (χ1v) is 21.7.